The second-order valence-electron chi connectivity index (χ2n) is 7.74. The fourth-order valence-electron chi connectivity index (χ4n) is 4.65. The molecule has 1 saturated heterocycles. The van der Waals surface area contributed by atoms with Crippen LogP contribution in [0.4, 0.5) is 0 Å². The Morgan fingerprint density at radius 2 is 1.86 bits per heavy atom. The van der Waals surface area contributed by atoms with E-state index in [4.69, 9.17) is 0 Å². The lowest BCUT2D eigenvalue weighted by molar-refractivity contribution is 0.0306. The minimum atomic E-state index is -0.423. The predicted molar refractivity (Wildman–Crippen MR) is 101 cm³/mol. The van der Waals surface area contributed by atoms with Gasteiger partial charge in [0.15, 0.2) is 0 Å². The summed E-state index contributed by atoms with van der Waals surface area (Å²) in [6.07, 6.45) is 8.01. The molecule has 1 amide bonds. The summed E-state index contributed by atoms with van der Waals surface area (Å²) in [5.41, 5.74) is 1.52. The molecule has 5 rings (SSSR count). The average molecular weight is 378 g/mol. The zero-order valence-corrected chi connectivity index (χ0v) is 15.4. The van der Waals surface area contributed by atoms with Gasteiger partial charge in [0.25, 0.3) is 5.91 Å². The van der Waals surface area contributed by atoms with Crippen LogP contribution >= 0.6 is 0 Å². The number of aromatic nitrogens is 5. The summed E-state index contributed by atoms with van der Waals surface area (Å²) < 4.78 is 3.64. The molecule has 0 unspecified atom stereocenters. The van der Waals surface area contributed by atoms with Crippen LogP contribution in [0.15, 0.2) is 55.4 Å². The molecule has 28 heavy (non-hydrogen) atoms. The molecule has 1 N–H and O–H groups in total. The van der Waals surface area contributed by atoms with Crippen LogP contribution in [0.1, 0.15) is 29.2 Å². The number of nitrogens with zero attached hydrogens (tertiary/aromatic N) is 6. The van der Waals surface area contributed by atoms with Crippen molar-refractivity contribution >= 4 is 5.91 Å². The molecule has 1 aliphatic heterocycles. The Hall–Kier alpha value is -3.00. The van der Waals surface area contributed by atoms with E-state index >= 15 is 0 Å². The molecule has 0 radical (unpaired) electrons. The van der Waals surface area contributed by atoms with E-state index in [1.807, 2.05) is 46.1 Å². The highest BCUT2D eigenvalue weighted by Crippen LogP contribution is 2.41. The Kier molecular flexibility index (Phi) is 4.20. The highest BCUT2D eigenvalue weighted by atomic mass is 16.3. The molecular weight excluding hydrogens is 356 g/mol. The lowest BCUT2D eigenvalue weighted by Crippen LogP contribution is -2.36. The van der Waals surface area contributed by atoms with E-state index < -0.39 is 6.10 Å². The number of aliphatic hydroxyl groups is 1. The molecule has 1 aromatic carbocycles. The van der Waals surface area contributed by atoms with Gasteiger partial charge in [-0.2, -0.15) is 5.10 Å². The lowest BCUT2D eigenvalue weighted by atomic mass is 9.77. The van der Waals surface area contributed by atoms with Gasteiger partial charge in [0.05, 0.1) is 12.1 Å². The van der Waals surface area contributed by atoms with Crippen LogP contribution in [-0.4, -0.2) is 59.7 Å². The SMILES string of the molecule is O=C(c1cccc(-n2cnnc2)c1)N1C[C@H]2C[C@@H](n3cccn3)[C@H](O)C[C@H]2C1. The Labute approximate surface area is 162 Å². The molecule has 0 spiro atoms. The summed E-state index contributed by atoms with van der Waals surface area (Å²) in [5.74, 6) is 0.767. The van der Waals surface area contributed by atoms with Crippen molar-refractivity contribution in [3.63, 3.8) is 0 Å². The monoisotopic (exact) mass is 378 g/mol. The Morgan fingerprint density at radius 3 is 2.61 bits per heavy atom. The van der Waals surface area contributed by atoms with Crippen molar-refractivity contribution in [2.24, 2.45) is 11.8 Å². The molecule has 8 nitrogen and oxygen atoms in total. The zero-order valence-electron chi connectivity index (χ0n) is 15.4. The second kappa shape index (κ2) is 6.87. The molecule has 3 heterocycles. The van der Waals surface area contributed by atoms with E-state index in [2.05, 4.69) is 15.3 Å². The van der Waals surface area contributed by atoms with Crippen LogP contribution in [0.5, 0.6) is 0 Å². The van der Waals surface area contributed by atoms with Crippen molar-refractivity contribution in [1.29, 1.82) is 0 Å². The van der Waals surface area contributed by atoms with Gasteiger partial charge in [-0.3, -0.25) is 14.0 Å². The van der Waals surface area contributed by atoms with Gasteiger partial charge in [0.1, 0.15) is 12.7 Å². The van der Waals surface area contributed by atoms with Crippen LogP contribution in [0.25, 0.3) is 5.69 Å². The third kappa shape index (κ3) is 2.99. The fourth-order valence-corrected chi connectivity index (χ4v) is 4.65. The van der Waals surface area contributed by atoms with Crippen molar-refractivity contribution in [3.05, 3.63) is 60.9 Å². The summed E-state index contributed by atoms with van der Waals surface area (Å²) in [4.78, 5) is 15.0. The summed E-state index contributed by atoms with van der Waals surface area (Å²) in [7, 11) is 0. The number of amides is 1. The predicted octanol–water partition coefficient (Wildman–Crippen LogP) is 1.55. The highest BCUT2D eigenvalue weighted by Gasteiger charge is 2.43. The average Bonchev–Trinajstić information content (AvgIpc) is 3.47. The van der Waals surface area contributed by atoms with Crippen LogP contribution in [0.2, 0.25) is 0 Å². The summed E-state index contributed by atoms with van der Waals surface area (Å²) in [6.45, 7) is 1.42. The third-order valence-corrected chi connectivity index (χ3v) is 6.07. The minimum absolute atomic E-state index is 0.0108. The first-order valence-electron chi connectivity index (χ1n) is 9.60. The maximum absolute atomic E-state index is 13.1. The highest BCUT2D eigenvalue weighted by molar-refractivity contribution is 5.95. The summed E-state index contributed by atoms with van der Waals surface area (Å²) in [6, 6.07) is 9.39. The number of fused-ring (bicyclic) bond motifs is 1. The van der Waals surface area contributed by atoms with Crippen LogP contribution in [0, 0.1) is 11.8 Å². The van der Waals surface area contributed by atoms with Gasteiger partial charge in [-0.1, -0.05) is 6.07 Å². The van der Waals surface area contributed by atoms with E-state index in [9.17, 15) is 9.90 Å². The van der Waals surface area contributed by atoms with Crippen molar-refractivity contribution in [2.75, 3.05) is 13.1 Å². The molecule has 4 atom stereocenters. The number of carbonyl (C=O) groups is 1. The number of aliphatic hydroxyl groups excluding tert-OH is 1. The first-order valence-corrected chi connectivity index (χ1v) is 9.60. The summed E-state index contributed by atoms with van der Waals surface area (Å²) in [5, 5.41) is 22.5. The molecule has 2 aliphatic rings. The standard InChI is InChI=1S/C20H22N6O2/c27-19-9-16-11-24(10-15(16)8-18(19)26-6-2-5-23-26)20(28)14-3-1-4-17(7-14)25-12-21-22-13-25/h1-7,12-13,15-16,18-19,27H,8-11H2/t15-,16+,18-,19-/m1/s1. The minimum Gasteiger partial charge on any atom is -0.391 e. The van der Waals surface area contributed by atoms with E-state index in [0.29, 0.717) is 30.4 Å². The molecule has 8 heteroatoms. The lowest BCUT2D eigenvalue weighted by Gasteiger charge is -2.35. The molecule has 2 aromatic heterocycles. The summed E-state index contributed by atoms with van der Waals surface area (Å²) >= 11 is 0. The zero-order chi connectivity index (χ0) is 19.1. The van der Waals surface area contributed by atoms with E-state index in [-0.39, 0.29) is 11.9 Å². The quantitative estimate of drug-likeness (QED) is 0.747. The number of likely N-dealkylation sites (tertiary alicyclic amines) is 1. The maximum atomic E-state index is 13.1. The van der Waals surface area contributed by atoms with Crippen molar-refractivity contribution in [1.82, 2.24) is 29.4 Å². The Morgan fingerprint density at radius 1 is 1.07 bits per heavy atom. The third-order valence-electron chi connectivity index (χ3n) is 6.07. The van der Waals surface area contributed by atoms with Gasteiger partial charge in [0.2, 0.25) is 0 Å². The number of carbonyl (C=O) groups excluding carboxylic acids is 1. The van der Waals surface area contributed by atoms with Gasteiger partial charge in [-0.25, -0.2) is 0 Å². The number of hydrogen-bond donors (Lipinski definition) is 1. The molecule has 144 valence electrons. The Balaban J connectivity index is 1.32. The van der Waals surface area contributed by atoms with Gasteiger partial charge in [-0.05, 0) is 48.9 Å². The van der Waals surface area contributed by atoms with Gasteiger partial charge >= 0.3 is 0 Å². The molecule has 0 bridgehead atoms. The first kappa shape index (κ1) is 17.1. The Bertz CT molecular complexity index is 955. The van der Waals surface area contributed by atoms with Crippen LogP contribution < -0.4 is 0 Å². The normalized spacial score (nSPS) is 27.0. The second-order valence-corrected chi connectivity index (χ2v) is 7.74. The fraction of sp³-hybridized carbons (Fsp3) is 0.400. The van der Waals surface area contributed by atoms with Crippen LogP contribution in [0.3, 0.4) is 0 Å². The number of hydrogen-bond acceptors (Lipinski definition) is 5. The van der Waals surface area contributed by atoms with Crippen molar-refractivity contribution < 1.29 is 9.90 Å². The largest absolute Gasteiger partial charge is 0.391 e. The van der Waals surface area contributed by atoms with E-state index in [1.54, 1.807) is 23.4 Å². The molecule has 1 saturated carbocycles. The molecule has 3 aromatic rings. The molecule has 2 fully saturated rings. The van der Waals surface area contributed by atoms with Crippen molar-refractivity contribution in [3.8, 4) is 5.69 Å². The first-order chi connectivity index (χ1) is 13.7. The smallest absolute Gasteiger partial charge is 0.253 e. The van der Waals surface area contributed by atoms with Gasteiger partial charge in [0, 0.05) is 36.7 Å². The van der Waals surface area contributed by atoms with Gasteiger partial charge < -0.3 is 10.0 Å². The van der Waals surface area contributed by atoms with E-state index in [1.165, 1.54) is 0 Å². The van der Waals surface area contributed by atoms with Gasteiger partial charge in [-0.15, -0.1) is 10.2 Å². The molecule has 1 aliphatic carbocycles. The van der Waals surface area contributed by atoms with Crippen LogP contribution in [-0.2, 0) is 0 Å². The maximum Gasteiger partial charge on any atom is 0.253 e. The van der Waals surface area contributed by atoms with Crippen molar-refractivity contribution in [2.45, 2.75) is 25.0 Å². The molecular formula is C20H22N6O2. The number of benzene rings is 1. The number of rotatable bonds is 3. The topological polar surface area (TPSA) is 89.1 Å². The van der Waals surface area contributed by atoms with E-state index in [0.717, 1.165) is 18.7 Å².